The van der Waals surface area contributed by atoms with Crippen LogP contribution in [0.2, 0.25) is 0 Å². The lowest BCUT2D eigenvalue weighted by molar-refractivity contribution is -0.116. The summed E-state index contributed by atoms with van der Waals surface area (Å²) in [7, 11) is 0. The van der Waals surface area contributed by atoms with Gasteiger partial charge in [-0.15, -0.1) is 23.5 Å². The van der Waals surface area contributed by atoms with Crippen molar-refractivity contribution < 1.29 is 4.79 Å². The van der Waals surface area contributed by atoms with Crippen LogP contribution >= 0.6 is 23.5 Å². The number of carbonyl (C=O) groups excluding carboxylic acids is 1. The van der Waals surface area contributed by atoms with E-state index in [4.69, 9.17) is 0 Å². The van der Waals surface area contributed by atoms with Gasteiger partial charge in [-0.1, -0.05) is 0 Å². The Morgan fingerprint density at radius 1 is 0.923 bits per heavy atom. The third-order valence-corrected chi connectivity index (χ3v) is 5.13. The van der Waals surface area contributed by atoms with E-state index in [-0.39, 0.29) is 0 Å². The van der Waals surface area contributed by atoms with E-state index >= 15 is 0 Å². The van der Waals surface area contributed by atoms with Gasteiger partial charge in [-0.3, -0.25) is 4.79 Å². The van der Waals surface area contributed by atoms with Gasteiger partial charge >= 0.3 is 0 Å². The summed E-state index contributed by atoms with van der Waals surface area (Å²) in [6.07, 6.45) is 5.44. The van der Waals surface area contributed by atoms with E-state index in [1.807, 2.05) is 23.5 Å². The fourth-order valence-electron chi connectivity index (χ4n) is 1.70. The molecule has 0 N–H and O–H groups in total. The molecule has 2 fully saturated rings. The fraction of sp³-hybridized carbons (Fsp3) is 0.700. The van der Waals surface area contributed by atoms with Crippen molar-refractivity contribution in [1.29, 1.82) is 0 Å². The summed E-state index contributed by atoms with van der Waals surface area (Å²) in [6.45, 7) is 0. The van der Waals surface area contributed by atoms with E-state index in [2.05, 4.69) is 0 Å². The molecule has 0 atom stereocenters. The standard InChI is InChI=1S/C10H14OS2/c11-9-5-2-1-4-8(9)10-12-6-3-7-13-10/h1-7H2. The van der Waals surface area contributed by atoms with Crippen LogP contribution in [0.1, 0.15) is 32.1 Å². The topological polar surface area (TPSA) is 17.1 Å². The number of hydrogen-bond donors (Lipinski definition) is 0. The highest BCUT2D eigenvalue weighted by atomic mass is 32.2. The molecule has 13 heavy (non-hydrogen) atoms. The third-order valence-electron chi connectivity index (χ3n) is 2.42. The Hall–Kier alpha value is 0.110. The molecule has 0 aromatic carbocycles. The van der Waals surface area contributed by atoms with Gasteiger partial charge in [-0.2, -0.15) is 0 Å². The molecule has 1 aliphatic heterocycles. The second kappa shape index (κ2) is 4.56. The minimum Gasteiger partial charge on any atom is -0.294 e. The molecule has 0 unspecified atom stereocenters. The molecular weight excluding hydrogens is 200 g/mol. The molecule has 2 rings (SSSR count). The zero-order valence-corrected chi connectivity index (χ0v) is 9.31. The smallest absolute Gasteiger partial charge is 0.160 e. The fourth-order valence-corrected chi connectivity index (χ4v) is 4.44. The first-order chi connectivity index (χ1) is 6.38. The molecule has 0 bridgehead atoms. The Bertz CT molecular complexity index is 237. The molecule has 1 heterocycles. The molecule has 1 saturated heterocycles. The monoisotopic (exact) mass is 214 g/mol. The predicted molar refractivity (Wildman–Crippen MR) is 60.0 cm³/mol. The first-order valence-electron chi connectivity index (χ1n) is 4.90. The zero-order valence-electron chi connectivity index (χ0n) is 7.67. The summed E-state index contributed by atoms with van der Waals surface area (Å²) in [6, 6.07) is 0. The maximum Gasteiger partial charge on any atom is 0.160 e. The van der Waals surface area contributed by atoms with Crippen LogP contribution in [-0.4, -0.2) is 17.3 Å². The number of hydrogen-bond acceptors (Lipinski definition) is 3. The number of thioether (sulfide) groups is 2. The van der Waals surface area contributed by atoms with Crippen LogP contribution < -0.4 is 0 Å². The average molecular weight is 214 g/mol. The van der Waals surface area contributed by atoms with E-state index in [1.165, 1.54) is 28.6 Å². The van der Waals surface area contributed by atoms with Gasteiger partial charge in [0.15, 0.2) is 5.78 Å². The van der Waals surface area contributed by atoms with Crippen molar-refractivity contribution in [3.05, 3.63) is 9.81 Å². The summed E-state index contributed by atoms with van der Waals surface area (Å²) in [5.74, 6) is 2.83. The maximum atomic E-state index is 11.6. The van der Waals surface area contributed by atoms with E-state index in [9.17, 15) is 4.79 Å². The van der Waals surface area contributed by atoms with Crippen LogP contribution in [0.3, 0.4) is 0 Å². The molecule has 72 valence electrons. The molecule has 2 aliphatic rings. The van der Waals surface area contributed by atoms with Crippen LogP contribution in [0.5, 0.6) is 0 Å². The molecular formula is C10H14OS2. The van der Waals surface area contributed by atoms with Gasteiger partial charge in [0.1, 0.15) is 0 Å². The predicted octanol–water partition coefficient (Wildman–Crippen LogP) is 3.21. The highest BCUT2D eigenvalue weighted by Gasteiger charge is 2.21. The van der Waals surface area contributed by atoms with Crippen molar-refractivity contribution in [2.45, 2.75) is 32.1 Å². The van der Waals surface area contributed by atoms with Crippen LogP contribution in [0.4, 0.5) is 0 Å². The van der Waals surface area contributed by atoms with E-state index in [0.717, 1.165) is 24.8 Å². The Balaban J connectivity index is 2.13. The lowest BCUT2D eigenvalue weighted by Crippen LogP contribution is -2.11. The molecule has 1 aliphatic carbocycles. The minimum atomic E-state index is 0.420. The second-order valence-corrected chi connectivity index (χ2v) is 5.92. The molecule has 0 spiro atoms. The quantitative estimate of drug-likeness (QED) is 0.576. The van der Waals surface area contributed by atoms with Crippen molar-refractivity contribution in [3.63, 3.8) is 0 Å². The molecule has 0 aromatic heterocycles. The summed E-state index contributed by atoms with van der Waals surface area (Å²) in [5, 5.41) is 0. The van der Waals surface area contributed by atoms with E-state index < -0.39 is 0 Å². The van der Waals surface area contributed by atoms with Crippen molar-refractivity contribution in [3.8, 4) is 0 Å². The number of rotatable bonds is 0. The lowest BCUT2D eigenvalue weighted by atomic mass is 9.95. The molecule has 0 amide bonds. The summed E-state index contributed by atoms with van der Waals surface area (Å²) in [4.78, 5) is 11.6. The first kappa shape index (κ1) is 9.66. The first-order valence-corrected chi connectivity index (χ1v) is 6.87. The van der Waals surface area contributed by atoms with Crippen LogP contribution in [0.25, 0.3) is 0 Å². The largest absolute Gasteiger partial charge is 0.294 e. The van der Waals surface area contributed by atoms with E-state index in [0.29, 0.717) is 5.78 Å². The third kappa shape index (κ3) is 2.32. The average Bonchev–Trinajstić information content (AvgIpc) is 2.20. The van der Waals surface area contributed by atoms with Gasteiger partial charge in [-0.25, -0.2) is 0 Å². The summed E-state index contributed by atoms with van der Waals surface area (Å²) >= 11 is 3.79. The van der Waals surface area contributed by atoms with Gasteiger partial charge in [0.05, 0.1) is 0 Å². The van der Waals surface area contributed by atoms with Gasteiger partial charge in [0.2, 0.25) is 0 Å². The Morgan fingerprint density at radius 2 is 1.62 bits per heavy atom. The second-order valence-electron chi connectivity index (χ2n) is 3.45. The zero-order chi connectivity index (χ0) is 9.10. The Labute approximate surface area is 87.7 Å². The van der Waals surface area contributed by atoms with Gasteiger partial charge < -0.3 is 0 Å². The van der Waals surface area contributed by atoms with Crippen LogP contribution in [-0.2, 0) is 4.79 Å². The molecule has 1 saturated carbocycles. The highest BCUT2D eigenvalue weighted by molar-refractivity contribution is 8.22. The highest BCUT2D eigenvalue weighted by Crippen LogP contribution is 2.40. The normalized spacial score (nSPS) is 25.1. The molecule has 0 radical (unpaired) electrons. The number of ketones is 1. The van der Waals surface area contributed by atoms with Crippen molar-refractivity contribution >= 4 is 29.3 Å². The molecule has 1 nitrogen and oxygen atoms in total. The lowest BCUT2D eigenvalue weighted by Gasteiger charge is -2.20. The number of carbonyl (C=O) groups is 1. The van der Waals surface area contributed by atoms with Crippen molar-refractivity contribution in [2.24, 2.45) is 0 Å². The van der Waals surface area contributed by atoms with Crippen LogP contribution in [0, 0.1) is 0 Å². The van der Waals surface area contributed by atoms with E-state index in [1.54, 1.807) is 0 Å². The van der Waals surface area contributed by atoms with Crippen LogP contribution in [0.15, 0.2) is 9.81 Å². The Kier molecular flexibility index (Phi) is 3.39. The van der Waals surface area contributed by atoms with Crippen molar-refractivity contribution in [2.75, 3.05) is 11.5 Å². The maximum absolute atomic E-state index is 11.6. The Morgan fingerprint density at radius 3 is 2.31 bits per heavy atom. The minimum absolute atomic E-state index is 0.420. The summed E-state index contributed by atoms with van der Waals surface area (Å²) in [5.41, 5.74) is 1.15. The number of allylic oxidation sites excluding steroid dienone is 1. The molecule has 3 heteroatoms. The van der Waals surface area contributed by atoms with Gasteiger partial charge in [0, 0.05) is 16.2 Å². The number of Topliss-reactive ketones (excluding diaryl/α,β-unsaturated/α-hetero) is 1. The van der Waals surface area contributed by atoms with Crippen molar-refractivity contribution in [1.82, 2.24) is 0 Å². The SMILES string of the molecule is O=C1CCCCC1=C1SCCCS1. The van der Waals surface area contributed by atoms with Gasteiger partial charge in [0.25, 0.3) is 0 Å². The summed E-state index contributed by atoms with van der Waals surface area (Å²) < 4.78 is 1.34. The van der Waals surface area contributed by atoms with Gasteiger partial charge in [-0.05, 0) is 37.2 Å². The molecule has 0 aromatic rings.